The number of hydrogen-bond acceptors (Lipinski definition) is 11. The van der Waals surface area contributed by atoms with Crippen LogP contribution in [0.3, 0.4) is 0 Å². The number of allylic oxidation sites excluding steroid dienone is 2. The standard InChI is InChI=1S/C45H84O12S/c1-3-5-7-9-11-13-15-17-18-19-20-21-22-24-25-27-29-31-33-40(46)54-35-38(36-55-45-44(50)43(49)42(48)39(57-45)37-58(51,52)53)56-41(47)34-32-30-28-26-23-16-14-12-10-8-6-4-2/h12,14,38-39,42-45,48-50H,3-11,13,15-37H2,1-2H3,(H,51,52,53)/b14-12+/t38-,39-,42-,43?,44?,45+/m1/s1. The molecule has 6 atom stereocenters. The third-order valence-corrected chi connectivity index (χ3v) is 11.6. The predicted octanol–water partition coefficient (Wildman–Crippen LogP) is 9.45. The van der Waals surface area contributed by atoms with Gasteiger partial charge in [0.2, 0.25) is 0 Å². The van der Waals surface area contributed by atoms with Gasteiger partial charge in [-0.1, -0.05) is 167 Å². The second-order valence-electron chi connectivity index (χ2n) is 16.4. The van der Waals surface area contributed by atoms with Gasteiger partial charge in [0.1, 0.15) is 36.8 Å². The number of carbonyl (C=O) groups excluding carboxylic acids is 2. The second kappa shape index (κ2) is 36.1. The van der Waals surface area contributed by atoms with E-state index in [9.17, 15) is 37.9 Å². The van der Waals surface area contributed by atoms with Crippen molar-refractivity contribution in [3.8, 4) is 0 Å². The molecule has 1 fully saturated rings. The van der Waals surface area contributed by atoms with E-state index in [1.165, 1.54) is 109 Å². The molecule has 1 aliphatic rings. The Bertz CT molecular complexity index is 1130. The molecule has 4 N–H and O–H groups in total. The number of esters is 2. The SMILES string of the molecule is CCCCC/C=C/CCCCCCCC(=O)O[C@H](COC(=O)CCCCCCCCCCCCCCCCCCCC)CO[C@H]1O[C@H](CS(=O)(=O)O)[C@@H](O)C(O)C1O. The second-order valence-corrected chi connectivity index (χ2v) is 17.9. The first-order valence-corrected chi connectivity index (χ1v) is 24.9. The first kappa shape index (κ1) is 54.4. The quantitative estimate of drug-likeness (QED) is 0.0199. The number of ether oxygens (including phenoxy) is 4. The maximum atomic E-state index is 12.8. The molecule has 0 spiro atoms. The van der Waals surface area contributed by atoms with Crippen molar-refractivity contribution in [1.29, 1.82) is 0 Å². The molecule has 0 saturated carbocycles. The Morgan fingerprint density at radius 1 is 0.569 bits per heavy atom. The molecule has 1 rings (SSSR count). The van der Waals surface area contributed by atoms with Gasteiger partial charge in [0.15, 0.2) is 12.4 Å². The van der Waals surface area contributed by atoms with E-state index in [1.54, 1.807) is 0 Å². The number of unbranched alkanes of at least 4 members (excludes halogenated alkanes) is 25. The van der Waals surface area contributed by atoms with Crippen molar-refractivity contribution in [2.45, 2.75) is 243 Å². The van der Waals surface area contributed by atoms with Crippen molar-refractivity contribution < 1.29 is 56.8 Å². The zero-order chi connectivity index (χ0) is 42.7. The van der Waals surface area contributed by atoms with Crippen LogP contribution in [0.2, 0.25) is 0 Å². The highest BCUT2D eigenvalue weighted by molar-refractivity contribution is 7.85. The van der Waals surface area contributed by atoms with E-state index in [4.69, 9.17) is 18.9 Å². The van der Waals surface area contributed by atoms with Crippen LogP contribution in [0.5, 0.6) is 0 Å². The normalized spacial score (nSPS) is 20.4. The van der Waals surface area contributed by atoms with E-state index >= 15 is 0 Å². The molecule has 58 heavy (non-hydrogen) atoms. The number of carbonyl (C=O) groups is 2. The molecular weight excluding hydrogens is 765 g/mol. The molecule has 0 bridgehead atoms. The van der Waals surface area contributed by atoms with Crippen molar-refractivity contribution in [3.05, 3.63) is 12.2 Å². The van der Waals surface area contributed by atoms with Crippen molar-refractivity contribution in [2.24, 2.45) is 0 Å². The number of aliphatic hydroxyl groups is 3. The lowest BCUT2D eigenvalue weighted by molar-refractivity contribution is -0.297. The van der Waals surface area contributed by atoms with Gasteiger partial charge in [-0.15, -0.1) is 0 Å². The Kier molecular flexibility index (Phi) is 33.8. The molecule has 1 saturated heterocycles. The lowest BCUT2D eigenvalue weighted by atomic mass is 10.00. The smallest absolute Gasteiger partial charge is 0.306 e. The van der Waals surface area contributed by atoms with Crippen LogP contribution < -0.4 is 0 Å². The molecule has 0 aromatic carbocycles. The maximum Gasteiger partial charge on any atom is 0.306 e. The highest BCUT2D eigenvalue weighted by Gasteiger charge is 2.46. The largest absolute Gasteiger partial charge is 0.462 e. The zero-order valence-electron chi connectivity index (χ0n) is 36.4. The average molecular weight is 849 g/mol. The topological polar surface area (TPSA) is 186 Å². The monoisotopic (exact) mass is 849 g/mol. The molecule has 13 heteroatoms. The van der Waals surface area contributed by atoms with Gasteiger partial charge in [-0.2, -0.15) is 8.42 Å². The van der Waals surface area contributed by atoms with E-state index in [1.807, 2.05) is 0 Å². The van der Waals surface area contributed by atoms with E-state index in [0.29, 0.717) is 12.8 Å². The summed E-state index contributed by atoms with van der Waals surface area (Å²) in [5.41, 5.74) is 0. The van der Waals surface area contributed by atoms with E-state index < -0.39 is 71.2 Å². The van der Waals surface area contributed by atoms with Gasteiger partial charge in [-0.25, -0.2) is 0 Å². The van der Waals surface area contributed by atoms with Gasteiger partial charge in [0.05, 0.1) is 6.61 Å². The summed E-state index contributed by atoms with van der Waals surface area (Å²) < 4.78 is 54.0. The Morgan fingerprint density at radius 2 is 0.983 bits per heavy atom. The fraction of sp³-hybridized carbons (Fsp3) is 0.911. The minimum atomic E-state index is -4.60. The summed E-state index contributed by atoms with van der Waals surface area (Å²) in [6.07, 6.45) is 28.3. The van der Waals surface area contributed by atoms with Gasteiger partial charge in [0, 0.05) is 12.8 Å². The minimum Gasteiger partial charge on any atom is -0.462 e. The molecule has 0 aromatic heterocycles. The van der Waals surface area contributed by atoms with Crippen LogP contribution in [0.1, 0.15) is 206 Å². The summed E-state index contributed by atoms with van der Waals surface area (Å²) in [5.74, 6) is -1.98. The zero-order valence-corrected chi connectivity index (χ0v) is 37.2. The molecule has 342 valence electrons. The van der Waals surface area contributed by atoms with Crippen LogP contribution in [0.4, 0.5) is 0 Å². The minimum absolute atomic E-state index is 0.158. The molecule has 0 aromatic rings. The number of hydrogen-bond donors (Lipinski definition) is 4. The molecule has 12 nitrogen and oxygen atoms in total. The van der Waals surface area contributed by atoms with Crippen LogP contribution in [-0.2, 0) is 38.7 Å². The van der Waals surface area contributed by atoms with Crippen molar-refractivity contribution in [2.75, 3.05) is 19.0 Å². The summed E-state index contributed by atoms with van der Waals surface area (Å²) in [7, 11) is -4.60. The predicted molar refractivity (Wildman–Crippen MR) is 229 cm³/mol. The summed E-state index contributed by atoms with van der Waals surface area (Å²) in [4.78, 5) is 25.4. The summed E-state index contributed by atoms with van der Waals surface area (Å²) in [6, 6.07) is 0. The highest BCUT2D eigenvalue weighted by Crippen LogP contribution is 2.24. The summed E-state index contributed by atoms with van der Waals surface area (Å²) >= 11 is 0. The van der Waals surface area contributed by atoms with Gasteiger partial charge < -0.3 is 34.3 Å². The van der Waals surface area contributed by atoms with Gasteiger partial charge in [-0.3, -0.25) is 14.1 Å². The maximum absolute atomic E-state index is 12.8. The Hall–Kier alpha value is -1.61. The lowest BCUT2D eigenvalue weighted by Gasteiger charge is -2.40. The van der Waals surface area contributed by atoms with Crippen LogP contribution in [-0.4, -0.2) is 96.0 Å². The van der Waals surface area contributed by atoms with Crippen molar-refractivity contribution in [3.63, 3.8) is 0 Å². The third-order valence-electron chi connectivity index (χ3n) is 10.8. The first-order chi connectivity index (χ1) is 28.0. The highest BCUT2D eigenvalue weighted by atomic mass is 32.2. The average Bonchev–Trinajstić information content (AvgIpc) is 3.18. The van der Waals surface area contributed by atoms with Crippen LogP contribution in [0.15, 0.2) is 12.2 Å². The molecule has 1 aliphatic heterocycles. The first-order valence-electron chi connectivity index (χ1n) is 23.2. The van der Waals surface area contributed by atoms with Crippen LogP contribution in [0, 0.1) is 0 Å². The third kappa shape index (κ3) is 30.4. The van der Waals surface area contributed by atoms with Crippen molar-refractivity contribution >= 4 is 22.1 Å². The van der Waals surface area contributed by atoms with E-state index in [2.05, 4.69) is 26.0 Å². The molecule has 2 unspecified atom stereocenters. The molecular formula is C45H84O12S. The summed E-state index contributed by atoms with van der Waals surface area (Å²) in [5, 5.41) is 30.9. The van der Waals surface area contributed by atoms with Gasteiger partial charge in [0.25, 0.3) is 10.1 Å². The van der Waals surface area contributed by atoms with E-state index in [0.717, 1.165) is 57.8 Å². The molecule has 0 amide bonds. The molecule has 1 heterocycles. The van der Waals surface area contributed by atoms with Crippen molar-refractivity contribution in [1.82, 2.24) is 0 Å². The Balaban J connectivity index is 2.40. The van der Waals surface area contributed by atoms with Gasteiger partial charge in [-0.05, 0) is 38.5 Å². The fourth-order valence-corrected chi connectivity index (χ4v) is 7.89. The number of rotatable bonds is 39. The molecule has 0 aliphatic carbocycles. The van der Waals surface area contributed by atoms with E-state index in [-0.39, 0.29) is 19.4 Å². The number of aliphatic hydroxyl groups excluding tert-OH is 3. The summed E-state index contributed by atoms with van der Waals surface area (Å²) in [6.45, 7) is 3.74. The van der Waals surface area contributed by atoms with Gasteiger partial charge >= 0.3 is 11.9 Å². The fourth-order valence-electron chi connectivity index (χ4n) is 7.20. The molecule has 0 radical (unpaired) electrons. The Morgan fingerprint density at radius 3 is 1.47 bits per heavy atom. The van der Waals surface area contributed by atoms with Crippen LogP contribution >= 0.6 is 0 Å². The lowest BCUT2D eigenvalue weighted by Crippen LogP contribution is -2.60. The van der Waals surface area contributed by atoms with Crippen LogP contribution in [0.25, 0.3) is 0 Å². The Labute approximate surface area is 352 Å².